The minimum Gasteiger partial charge on any atom is -0.477 e. The molecule has 0 aliphatic heterocycles. The maximum Gasteiger partial charge on any atom is 0.354 e. The van der Waals surface area contributed by atoms with E-state index in [0.29, 0.717) is 27.4 Å². The van der Waals surface area contributed by atoms with Gasteiger partial charge in [0.1, 0.15) is 11.4 Å². The average Bonchev–Trinajstić information content (AvgIpc) is 2.48. The van der Waals surface area contributed by atoms with Crippen molar-refractivity contribution in [2.45, 2.75) is 6.92 Å². The predicted octanol–water partition coefficient (Wildman–Crippen LogP) is 3.79. The van der Waals surface area contributed by atoms with Gasteiger partial charge in [-0.2, -0.15) is 0 Å². The maximum absolute atomic E-state index is 11.1. The van der Waals surface area contributed by atoms with Crippen LogP contribution in [0.15, 0.2) is 18.2 Å². The zero-order valence-corrected chi connectivity index (χ0v) is 13.1. The Bertz CT molecular complexity index is 940. The Morgan fingerprint density at radius 2 is 1.26 bits per heavy atom. The first-order valence-electron chi connectivity index (χ1n) is 6.36. The van der Waals surface area contributed by atoms with Crippen molar-refractivity contribution >= 4 is 56.9 Å². The molecule has 0 fully saturated rings. The van der Waals surface area contributed by atoms with Crippen LogP contribution in [0.25, 0.3) is 21.8 Å². The van der Waals surface area contributed by atoms with Gasteiger partial charge in [0.15, 0.2) is 0 Å². The summed E-state index contributed by atoms with van der Waals surface area (Å²) in [5.41, 5.74) is 0.783. The SMILES string of the molecule is Cc1c2nc(C(=O)O)cc(Cl)c2cc2c(Cl)cc(C(=O)O)nc12. The summed E-state index contributed by atoms with van der Waals surface area (Å²) in [6, 6.07) is 4.13. The van der Waals surface area contributed by atoms with E-state index in [1.54, 1.807) is 13.0 Å². The van der Waals surface area contributed by atoms with Gasteiger partial charge in [-0.25, -0.2) is 19.6 Å². The van der Waals surface area contributed by atoms with E-state index >= 15 is 0 Å². The van der Waals surface area contributed by atoms with E-state index in [1.165, 1.54) is 12.1 Å². The largest absolute Gasteiger partial charge is 0.477 e. The van der Waals surface area contributed by atoms with Crippen LogP contribution in [-0.2, 0) is 0 Å². The van der Waals surface area contributed by atoms with Crippen LogP contribution in [0.4, 0.5) is 0 Å². The van der Waals surface area contributed by atoms with Gasteiger partial charge < -0.3 is 10.2 Å². The van der Waals surface area contributed by atoms with E-state index < -0.39 is 11.9 Å². The first kappa shape index (κ1) is 15.5. The summed E-state index contributed by atoms with van der Waals surface area (Å²) >= 11 is 12.3. The average molecular weight is 351 g/mol. The summed E-state index contributed by atoms with van der Waals surface area (Å²) in [5.74, 6) is -2.42. The Kier molecular flexibility index (Phi) is 3.58. The van der Waals surface area contributed by atoms with Gasteiger partial charge in [-0.15, -0.1) is 0 Å². The lowest BCUT2D eigenvalue weighted by atomic mass is 10.0. The first-order chi connectivity index (χ1) is 10.8. The van der Waals surface area contributed by atoms with Gasteiger partial charge in [0.2, 0.25) is 0 Å². The van der Waals surface area contributed by atoms with E-state index in [-0.39, 0.29) is 21.4 Å². The highest BCUT2D eigenvalue weighted by Gasteiger charge is 2.17. The third kappa shape index (κ3) is 2.46. The van der Waals surface area contributed by atoms with Crippen LogP contribution in [-0.4, -0.2) is 32.1 Å². The van der Waals surface area contributed by atoms with Gasteiger partial charge in [0, 0.05) is 16.3 Å². The quantitative estimate of drug-likeness (QED) is 0.681. The molecule has 0 spiro atoms. The van der Waals surface area contributed by atoms with Crippen LogP contribution in [0.2, 0.25) is 10.0 Å². The molecule has 2 aromatic heterocycles. The van der Waals surface area contributed by atoms with Crippen molar-refractivity contribution in [1.82, 2.24) is 9.97 Å². The Morgan fingerprint density at radius 1 is 0.870 bits per heavy atom. The fraction of sp³-hybridized carbons (Fsp3) is 0.0667. The number of nitrogens with zero attached hydrogens (tertiary/aromatic N) is 2. The summed E-state index contributed by atoms with van der Waals surface area (Å²) in [5, 5.41) is 19.7. The second kappa shape index (κ2) is 5.33. The molecule has 0 unspecified atom stereocenters. The van der Waals surface area contributed by atoms with Crippen LogP contribution in [0.1, 0.15) is 26.5 Å². The molecule has 116 valence electrons. The predicted molar refractivity (Wildman–Crippen MR) is 85.7 cm³/mol. The Labute approximate surface area is 139 Å². The van der Waals surface area contributed by atoms with Gasteiger partial charge in [0.25, 0.3) is 0 Å². The lowest BCUT2D eigenvalue weighted by molar-refractivity contribution is 0.0680. The second-order valence-corrected chi connectivity index (χ2v) is 5.70. The zero-order chi connectivity index (χ0) is 16.9. The van der Waals surface area contributed by atoms with Crippen molar-refractivity contribution in [2.24, 2.45) is 0 Å². The normalized spacial score (nSPS) is 11.1. The summed E-state index contributed by atoms with van der Waals surface area (Å²) in [7, 11) is 0. The number of hydrogen-bond acceptors (Lipinski definition) is 4. The summed E-state index contributed by atoms with van der Waals surface area (Å²) in [6.45, 7) is 1.66. The number of hydrogen-bond donors (Lipinski definition) is 2. The topological polar surface area (TPSA) is 100 Å². The van der Waals surface area contributed by atoms with Crippen molar-refractivity contribution in [3.05, 3.63) is 45.2 Å². The number of aromatic carboxylic acids is 2. The number of aromatic nitrogens is 2. The first-order valence-corrected chi connectivity index (χ1v) is 7.12. The number of rotatable bonds is 2. The minimum atomic E-state index is -1.21. The molecule has 2 N–H and O–H groups in total. The molecule has 6 nitrogen and oxygen atoms in total. The molecule has 2 heterocycles. The molecule has 0 radical (unpaired) electrons. The summed E-state index contributed by atoms with van der Waals surface area (Å²) in [6.07, 6.45) is 0. The van der Waals surface area contributed by atoms with Crippen molar-refractivity contribution in [2.75, 3.05) is 0 Å². The number of carbonyl (C=O) groups is 2. The summed E-state index contributed by atoms with van der Waals surface area (Å²) in [4.78, 5) is 30.4. The molecule has 0 aliphatic rings. The third-order valence-corrected chi connectivity index (χ3v) is 4.08. The van der Waals surface area contributed by atoms with E-state index in [2.05, 4.69) is 9.97 Å². The van der Waals surface area contributed by atoms with Crippen LogP contribution in [0.5, 0.6) is 0 Å². The smallest absolute Gasteiger partial charge is 0.354 e. The Morgan fingerprint density at radius 3 is 1.61 bits per heavy atom. The van der Waals surface area contributed by atoms with Gasteiger partial charge in [0.05, 0.1) is 21.1 Å². The highest BCUT2D eigenvalue weighted by molar-refractivity contribution is 6.38. The van der Waals surface area contributed by atoms with Crippen molar-refractivity contribution in [3.63, 3.8) is 0 Å². The molecule has 0 saturated carbocycles. The fourth-order valence-corrected chi connectivity index (χ4v) is 2.86. The lowest BCUT2D eigenvalue weighted by Crippen LogP contribution is -2.04. The van der Waals surface area contributed by atoms with Crippen LogP contribution < -0.4 is 0 Å². The van der Waals surface area contributed by atoms with E-state index in [4.69, 9.17) is 33.4 Å². The molecule has 0 aliphatic carbocycles. The number of carboxylic acid groups (broad SMARTS) is 2. The van der Waals surface area contributed by atoms with Gasteiger partial charge in [-0.3, -0.25) is 0 Å². The van der Waals surface area contributed by atoms with Crippen molar-refractivity contribution < 1.29 is 19.8 Å². The Balaban J connectivity index is 2.50. The van der Waals surface area contributed by atoms with E-state index in [1.807, 2.05) is 0 Å². The Hall–Kier alpha value is -2.44. The molecule has 0 saturated heterocycles. The monoisotopic (exact) mass is 350 g/mol. The molecular formula is C15H8Cl2N2O4. The second-order valence-electron chi connectivity index (χ2n) is 4.88. The molecule has 3 rings (SSSR count). The minimum absolute atomic E-state index is 0.203. The number of aryl methyl sites for hydroxylation is 1. The third-order valence-electron chi connectivity index (χ3n) is 3.45. The number of benzene rings is 1. The maximum atomic E-state index is 11.1. The molecule has 8 heteroatoms. The van der Waals surface area contributed by atoms with Gasteiger partial charge in [-0.05, 0) is 25.1 Å². The van der Waals surface area contributed by atoms with E-state index in [9.17, 15) is 9.59 Å². The zero-order valence-electron chi connectivity index (χ0n) is 11.6. The van der Waals surface area contributed by atoms with Gasteiger partial charge in [-0.1, -0.05) is 23.2 Å². The number of carboxylic acids is 2. The van der Waals surface area contributed by atoms with Crippen molar-refractivity contribution in [1.29, 1.82) is 0 Å². The summed E-state index contributed by atoms with van der Waals surface area (Å²) < 4.78 is 0. The molecule has 0 atom stereocenters. The van der Waals surface area contributed by atoms with Crippen LogP contribution in [0, 0.1) is 6.92 Å². The van der Waals surface area contributed by atoms with E-state index in [0.717, 1.165) is 0 Å². The molecule has 1 aromatic carbocycles. The number of halogens is 2. The molecular weight excluding hydrogens is 343 g/mol. The van der Waals surface area contributed by atoms with Crippen LogP contribution >= 0.6 is 23.2 Å². The molecule has 0 bridgehead atoms. The molecule has 3 aromatic rings. The number of pyridine rings is 2. The highest BCUT2D eigenvalue weighted by atomic mass is 35.5. The standard InChI is InChI=1S/C15H8Cl2N2O4/c1-5-12-6(8(16)3-10(18-12)14(20)21)2-7-9(17)4-11(15(22)23)19-13(5)7/h2-4H,1H3,(H,20,21)(H,22,23). The highest BCUT2D eigenvalue weighted by Crippen LogP contribution is 2.34. The van der Waals surface area contributed by atoms with Gasteiger partial charge >= 0.3 is 11.9 Å². The van der Waals surface area contributed by atoms with Crippen LogP contribution in [0.3, 0.4) is 0 Å². The molecule has 0 amide bonds. The lowest BCUT2D eigenvalue weighted by Gasteiger charge is -2.10. The fourth-order valence-electron chi connectivity index (χ4n) is 2.37. The molecule has 23 heavy (non-hydrogen) atoms. The number of fused-ring (bicyclic) bond motifs is 2. The van der Waals surface area contributed by atoms with Crippen molar-refractivity contribution in [3.8, 4) is 0 Å².